The van der Waals surface area contributed by atoms with Crippen LogP contribution in [0.3, 0.4) is 0 Å². The number of benzene rings is 1. The van der Waals surface area contributed by atoms with Crippen LogP contribution in [0.5, 0.6) is 0 Å². The first kappa shape index (κ1) is 11.6. The first-order chi connectivity index (χ1) is 6.95. The molecule has 2 N–H and O–H groups in total. The van der Waals surface area contributed by atoms with E-state index in [-0.39, 0.29) is 12.1 Å². The summed E-state index contributed by atoms with van der Waals surface area (Å²) in [4.78, 5) is 0. The lowest BCUT2D eigenvalue weighted by molar-refractivity contribution is -0.137. The van der Waals surface area contributed by atoms with Crippen LogP contribution < -0.4 is 5.73 Å². The van der Waals surface area contributed by atoms with Crippen LogP contribution in [0.1, 0.15) is 16.7 Å². The molecule has 0 spiro atoms. The Hall–Kier alpha value is -1.47. The molecule has 0 aliphatic rings. The molecule has 15 heavy (non-hydrogen) atoms. The molecule has 1 aromatic rings. The third kappa shape index (κ3) is 3.00. The SMILES string of the molecule is Cc1ccc(C#CCN)c(C(F)(F)F)c1. The van der Waals surface area contributed by atoms with Gasteiger partial charge in [-0.3, -0.25) is 0 Å². The molecule has 1 nitrogen and oxygen atoms in total. The van der Waals surface area contributed by atoms with Gasteiger partial charge in [0.05, 0.1) is 12.1 Å². The van der Waals surface area contributed by atoms with Crippen molar-refractivity contribution in [1.82, 2.24) is 0 Å². The molecule has 0 amide bonds. The van der Waals surface area contributed by atoms with E-state index in [2.05, 4.69) is 11.8 Å². The Balaban J connectivity index is 3.27. The summed E-state index contributed by atoms with van der Waals surface area (Å²) in [6.45, 7) is 1.65. The van der Waals surface area contributed by atoms with Crippen molar-refractivity contribution in [1.29, 1.82) is 0 Å². The zero-order valence-electron chi connectivity index (χ0n) is 8.15. The van der Waals surface area contributed by atoms with E-state index in [0.29, 0.717) is 5.56 Å². The van der Waals surface area contributed by atoms with Crippen molar-refractivity contribution < 1.29 is 13.2 Å². The van der Waals surface area contributed by atoms with Crippen LogP contribution in [0.4, 0.5) is 13.2 Å². The van der Waals surface area contributed by atoms with Crippen LogP contribution in [-0.4, -0.2) is 6.54 Å². The number of hydrogen-bond acceptors (Lipinski definition) is 1. The maximum atomic E-state index is 12.6. The molecule has 0 bridgehead atoms. The molecule has 4 heteroatoms. The topological polar surface area (TPSA) is 26.0 Å². The molecule has 0 radical (unpaired) electrons. The van der Waals surface area contributed by atoms with E-state index in [0.717, 1.165) is 6.07 Å². The predicted molar refractivity (Wildman–Crippen MR) is 52.1 cm³/mol. The minimum Gasteiger partial charge on any atom is -0.320 e. The van der Waals surface area contributed by atoms with Gasteiger partial charge < -0.3 is 5.73 Å². The fourth-order valence-electron chi connectivity index (χ4n) is 1.15. The Labute approximate surface area is 86.1 Å². The van der Waals surface area contributed by atoms with E-state index < -0.39 is 11.7 Å². The molecular weight excluding hydrogens is 203 g/mol. The average Bonchev–Trinajstić information content (AvgIpc) is 2.14. The van der Waals surface area contributed by atoms with Crippen LogP contribution in [0.25, 0.3) is 0 Å². The van der Waals surface area contributed by atoms with Gasteiger partial charge in [0.2, 0.25) is 0 Å². The Morgan fingerprint density at radius 3 is 2.53 bits per heavy atom. The first-order valence-electron chi connectivity index (χ1n) is 4.32. The second-order valence-electron chi connectivity index (χ2n) is 3.05. The third-order valence-electron chi connectivity index (χ3n) is 1.81. The van der Waals surface area contributed by atoms with Crippen LogP contribution in [0, 0.1) is 18.8 Å². The van der Waals surface area contributed by atoms with Crippen LogP contribution in [0.15, 0.2) is 18.2 Å². The molecule has 1 aromatic carbocycles. The molecule has 0 aliphatic heterocycles. The van der Waals surface area contributed by atoms with Crippen molar-refractivity contribution in [3.63, 3.8) is 0 Å². The van der Waals surface area contributed by atoms with Gasteiger partial charge in [0.15, 0.2) is 0 Å². The van der Waals surface area contributed by atoms with E-state index in [1.165, 1.54) is 6.07 Å². The van der Waals surface area contributed by atoms with Crippen molar-refractivity contribution in [3.8, 4) is 11.8 Å². The van der Waals surface area contributed by atoms with Gasteiger partial charge in [-0.25, -0.2) is 0 Å². The van der Waals surface area contributed by atoms with Gasteiger partial charge in [-0.15, -0.1) is 0 Å². The van der Waals surface area contributed by atoms with Crippen molar-refractivity contribution >= 4 is 0 Å². The Bertz CT molecular complexity index is 410. The van der Waals surface area contributed by atoms with Crippen LogP contribution >= 0.6 is 0 Å². The number of halogens is 3. The maximum absolute atomic E-state index is 12.6. The van der Waals surface area contributed by atoms with Crippen molar-refractivity contribution in [2.75, 3.05) is 6.54 Å². The number of aryl methyl sites for hydroxylation is 1. The zero-order valence-corrected chi connectivity index (χ0v) is 8.15. The van der Waals surface area contributed by atoms with Crippen molar-refractivity contribution in [3.05, 3.63) is 34.9 Å². The van der Waals surface area contributed by atoms with Gasteiger partial charge in [-0.05, 0) is 19.1 Å². The second-order valence-corrected chi connectivity index (χ2v) is 3.05. The number of rotatable bonds is 0. The van der Waals surface area contributed by atoms with Gasteiger partial charge in [-0.2, -0.15) is 13.2 Å². The Morgan fingerprint density at radius 2 is 2.00 bits per heavy atom. The van der Waals surface area contributed by atoms with Gasteiger partial charge in [-0.1, -0.05) is 23.5 Å². The smallest absolute Gasteiger partial charge is 0.320 e. The summed E-state index contributed by atoms with van der Waals surface area (Å²) < 4.78 is 37.7. The first-order valence-corrected chi connectivity index (χ1v) is 4.32. The molecule has 1 rings (SSSR count). The lowest BCUT2D eigenvalue weighted by Crippen LogP contribution is -2.08. The minimum atomic E-state index is -4.37. The summed E-state index contributed by atoms with van der Waals surface area (Å²) in [5.41, 5.74) is 4.93. The average molecular weight is 213 g/mol. The molecule has 0 aromatic heterocycles. The molecule has 0 aliphatic carbocycles. The van der Waals surface area contributed by atoms with E-state index in [1.54, 1.807) is 13.0 Å². The van der Waals surface area contributed by atoms with Gasteiger partial charge in [0.25, 0.3) is 0 Å². The molecular formula is C11H10F3N. The maximum Gasteiger partial charge on any atom is 0.417 e. The summed E-state index contributed by atoms with van der Waals surface area (Å²) in [7, 11) is 0. The molecule has 0 unspecified atom stereocenters. The quantitative estimate of drug-likeness (QED) is 0.657. The van der Waals surface area contributed by atoms with E-state index in [4.69, 9.17) is 5.73 Å². The van der Waals surface area contributed by atoms with E-state index in [9.17, 15) is 13.2 Å². The highest BCUT2D eigenvalue weighted by molar-refractivity contribution is 5.44. The van der Waals surface area contributed by atoms with E-state index >= 15 is 0 Å². The molecule has 0 atom stereocenters. The summed E-state index contributed by atoms with van der Waals surface area (Å²) in [6.07, 6.45) is -4.37. The standard InChI is InChI=1S/C11H10F3N/c1-8-4-5-9(3-2-6-15)10(7-8)11(12,13)14/h4-5,7H,6,15H2,1H3. The highest BCUT2D eigenvalue weighted by atomic mass is 19.4. The predicted octanol–water partition coefficient (Wildman–Crippen LogP) is 2.32. The van der Waals surface area contributed by atoms with E-state index in [1.807, 2.05) is 0 Å². The monoisotopic (exact) mass is 213 g/mol. The zero-order chi connectivity index (χ0) is 11.5. The summed E-state index contributed by atoms with van der Waals surface area (Å²) in [5.74, 6) is 4.83. The van der Waals surface area contributed by atoms with Crippen LogP contribution in [-0.2, 0) is 6.18 Å². The number of alkyl halides is 3. The van der Waals surface area contributed by atoms with Gasteiger partial charge >= 0.3 is 6.18 Å². The second kappa shape index (κ2) is 4.37. The number of nitrogens with two attached hydrogens (primary N) is 1. The fraction of sp³-hybridized carbons (Fsp3) is 0.273. The summed E-state index contributed by atoms with van der Waals surface area (Å²) in [6, 6.07) is 4.04. The lowest BCUT2D eigenvalue weighted by Gasteiger charge is -2.09. The van der Waals surface area contributed by atoms with Crippen molar-refractivity contribution in [2.45, 2.75) is 13.1 Å². The molecule has 0 saturated heterocycles. The normalized spacial score (nSPS) is 10.7. The molecule has 0 fully saturated rings. The highest BCUT2D eigenvalue weighted by Crippen LogP contribution is 2.32. The largest absolute Gasteiger partial charge is 0.417 e. The number of hydrogen-bond donors (Lipinski definition) is 1. The Kier molecular flexibility index (Phi) is 3.38. The Morgan fingerprint density at radius 1 is 1.33 bits per heavy atom. The third-order valence-corrected chi connectivity index (χ3v) is 1.81. The molecule has 0 saturated carbocycles. The minimum absolute atomic E-state index is 0.0291. The summed E-state index contributed by atoms with van der Waals surface area (Å²) in [5, 5.41) is 0. The highest BCUT2D eigenvalue weighted by Gasteiger charge is 2.32. The molecule has 80 valence electrons. The lowest BCUT2D eigenvalue weighted by atomic mass is 10.0. The van der Waals surface area contributed by atoms with Crippen molar-refractivity contribution in [2.24, 2.45) is 5.73 Å². The fourth-order valence-corrected chi connectivity index (χ4v) is 1.15. The van der Waals surface area contributed by atoms with Crippen LogP contribution in [0.2, 0.25) is 0 Å². The summed E-state index contributed by atoms with van der Waals surface area (Å²) >= 11 is 0. The van der Waals surface area contributed by atoms with Gasteiger partial charge in [0, 0.05) is 5.56 Å². The molecule has 0 heterocycles. The van der Waals surface area contributed by atoms with Gasteiger partial charge in [0.1, 0.15) is 0 Å².